The van der Waals surface area contributed by atoms with Crippen molar-refractivity contribution in [2.75, 3.05) is 13.2 Å². The molecular formula is C61H102O8. The number of esters is 3. The van der Waals surface area contributed by atoms with Crippen LogP contribution in [0.3, 0.4) is 0 Å². The number of ether oxygens (including phenoxy) is 3. The maximum absolute atomic E-state index is 12.8. The van der Waals surface area contributed by atoms with E-state index in [0.717, 1.165) is 89.5 Å². The van der Waals surface area contributed by atoms with Crippen molar-refractivity contribution in [3.63, 3.8) is 0 Å². The molecule has 0 atom stereocenters. The summed E-state index contributed by atoms with van der Waals surface area (Å²) >= 11 is 0. The molecule has 0 heterocycles. The number of unbranched alkanes of at least 4 members (excludes halogenated alkanes) is 29. The second-order valence-corrected chi connectivity index (χ2v) is 18.6. The van der Waals surface area contributed by atoms with Crippen molar-refractivity contribution in [2.24, 2.45) is 0 Å². The number of rotatable bonds is 50. The van der Waals surface area contributed by atoms with Crippen LogP contribution in [0.4, 0.5) is 0 Å². The summed E-state index contributed by atoms with van der Waals surface area (Å²) in [5.41, 5.74) is 0. The molecule has 0 bridgehead atoms. The highest BCUT2D eigenvalue weighted by Gasteiger charge is 2.18. The van der Waals surface area contributed by atoms with Gasteiger partial charge in [0, 0.05) is 18.9 Å². The number of hydrogen-bond acceptors (Lipinski definition) is 8. The van der Waals surface area contributed by atoms with E-state index in [1.807, 2.05) is 18.2 Å². The van der Waals surface area contributed by atoms with E-state index < -0.39 is 12.1 Å². The van der Waals surface area contributed by atoms with Crippen molar-refractivity contribution >= 4 is 17.9 Å². The molecule has 0 aliphatic carbocycles. The van der Waals surface area contributed by atoms with Crippen LogP contribution in [0.25, 0.3) is 0 Å². The summed E-state index contributed by atoms with van der Waals surface area (Å²) < 4.78 is 16.5. The van der Waals surface area contributed by atoms with Gasteiger partial charge in [-0.3, -0.25) is 9.59 Å². The maximum atomic E-state index is 12.8. The van der Waals surface area contributed by atoms with Crippen LogP contribution in [0.1, 0.15) is 252 Å². The van der Waals surface area contributed by atoms with Gasteiger partial charge in [-0.05, 0) is 89.2 Å². The van der Waals surface area contributed by atoms with Crippen molar-refractivity contribution in [1.82, 2.24) is 0 Å². The largest absolute Gasteiger partial charge is 0.462 e. The van der Waals surface area contributed by atoms with Crippen LogP contribution in [-0.4, -0.2) is 42.5 Å². The zero-order chi connectivity index (χ0) is 50.2. The van der Waals surface area contributed by atoms with E-state index in [1.54, 1.807) is 18.2 Å². The van der Waals surface area contributed by atoms with E-state index in [9.17, 15) is 19.6 Å². The average molecular weight is 963 g/mol. The van der Waals surface area contributed by atoms with E-state index in [-0.39, 0.29) is 43.8 Å². The molecule has 0 spiro atoms. The van der Waals surface area contributed by atoms with Gasteiger partial charge < -0.3 is 19.1 Å². The summed E-state index contributed by atoms with van der Waals surface area (Å²) in [5, 5.41) is 9.34. The number of carbonyl (C=O) groups excluding carboxylic acids is 3. The first-order valence-electron chi connectivity index (χ1n) is 28.1. The van der Waals surface area contributed by atoms with Gasteiger partial charge in [-0.1, -0.05) is 235 Å². The Bertz CT molecular complexity index is 1360. The molecule has 0 radical (unpaired) electrons. The smallest absolute Gasteiger partial charge is 0.331 e. The third kappa shape index (κ3) is 51.8. The fourth-order valence-electron chi connectivity index (χ4n) is 7.65. The molecule has 1 N–H and O–H groups in total. The van der Waals surface area contributed by atoms with Gasteiger partial charge in [0.25, 0.3) is 0 Å². The molecule has 0 saturated carbocycles. The van der Waals surface area contributed by atoms with Gasteiger partial charge in [-0.2, -0.15) is 0 Å². The molecule has 0 aliphatic heterocycles. The van der Waals surface area contributed by atoms with Crippen LogP contribution >= 0.6 is 0 Å². The summed E-state index contributed by atoms with van der Waals surface area (Å²) in [5.74, 6) is -1.36. The van der Waals surface area contributed by atoms with E-state index in [4.69, 9.17) is 14.2 Å². The molecule has 69 heavy (non-hydrogen) atoms. The molecule has 394 valence electrons. The van der Waals surface area contributed by atoms with Crippen molar-refractivity contribution < 1.29 is 38.7 Å². The van der Waals surface area contributed by atoms with Crippen molar-refractivity contribution in [3.8, 4) is 0 Å². The van der Waals surface area contributed by atoms with Gasteiger partial charge in [-0.25, -0.2) is 10.1 Å². The van der Waals surface area contributed by atoms with Crippen molar-refractivity contribution in [2.45, 2.75) is 258 Å². The minimum atomic E-state index is -0.968. The van der Waals surface area contributed by atoms with Gasteiger partial charge in [0.1, 0.15) is 13.2 Å². The fraction of sp³-hybridized carbons (Fsp3) is 0.689. The topological polar surface area (TPSA) is 108 Å². The van der Waals surface area contributed by atoms with Crippen LogP contribution in [0.2, 0.25) is 0 Å². The lowest BCUT2D eigenvalue weighted by Crippen LogP contribution is -2.30. The summed E-state index contributed by atoms with van der Waals surface area (Å²) in [6.07, 6.45) is 68.6. The molecule has 0 aromatic rings. The van der Waals surface area contributed by atoms with Crippen molar-refractivity contribution in [1.29, 1.82) is 0 Å². The van der Waals surface area contributed by atoms with Crippen LogP contribution in [0, 0.1) is 0 Å². The highest BCUT2D eigenvalue weighted by Crippen LogP contribution is 2.14. The van der Waals surface area contributed by atoms with Gasteiger partial charge in [-0.15, -0.1) is 0 Å². The lowest BCUT2D eigenvalue weighted by molar-refractivity contribution is -0.198. The van der Waals surface area contributed by atoms with E-state index in [0.29, 0.717) is 0 Å². The molecule has 8 heteroatoms. The summed E-state index contributed by atoms with van der Waals surface area (Å²) in [4.78, 5) is 42.5. The zero-order valence-electron chi connectivity index (χ0n) is 44.4. The Morgan fingerprint density at radius 1 is 0.391 bits per heavy atom. The standard InChI is InChI=1S/C61H102O8/c1-4-7-10-13-16-19-22-25-28-31-34-37-40-43-46-50-57(69-65)51-49-54-61(64)68-58(55-66-59(62)52-47-44-41-38-35-32-29-26-23-20-17-14-11-8-5-2)56-67-60(63)53-48-45-42-39-36-33-30-27-24-21-18-15-12-9-6-3/h26-31,34,37,40,43,46,49-51,54,58,65H,4-25,32-33,35-36,38-39,41-42,44-45,47-48,52-53,55-56H2,1-3H3/b29-26-,30-27-,31-28?,37-34?,43-40?,50-46?,54-49?,57-51?. The predicted molar refractivity (Wildman–Crippen MR) is 291 cm³/mol. The molecule has 0 rings (SSSR count). The molecule has 0 aromatic carbocycles. The van der Waals surface area contributed by atoms with Crippen LogP contribution in [-0.2, 0) is 33.5 Å². The minimum Gasteiger partial charge on any atom is -0.462 e. The number of allylic oxidation sites excluding steroid dienone is 14. The maximum Gasteiger partial charge on any atom is 0.331 e. The molecule has 0 amide bonds. The molecule has 0 aliphatic rings. The normalized spacial score (nSPS) is 12.5. The fourth-order valence-corrected chi connectivity index (χ4v) is 7.65. The minimum absolute atomic E-state index is 0.105. The average Bonchev–Trinajstić information content (AvgIpc) is 3.35. The third-order valence-electron chi connectivity index (χ3n) is 12.0. The number of hydrogen-bond donors (Lipinski definition) is 1. The van der Waals surface area contributed by atoms with E-state index in [2.05, 4.69) is 62.1 Å². The zero-order valence-corrected chi connectivity index (χ0v) is 44.4. The quantitative estimate of drug-likeness (QED) is 0.00739. The van der Waals surface area contributed by atoms with E-state index >= 15 is 0 Å². The molecule has 0 aromatic heterocycles. The lowest BCUT2D eigenvalue weighted by atomic mass is 10.1. The Kier molecular flexibility index (Phi) is 51.9. The molecule has 0 saturated heterocycles. The Hall–Kier alpha value is -3.91. The van der Waals surface area contributed by atoms with Gasteiger partial charge >= 0.3 is 17.9 Å². The van der Waals surface area contributed by atoms with Gasteiger partial charge in [0.2, 0.25) is 0 Å². The molecule has 0 unspecified atom stereocenters. The monoisotopic (exact) mass is 963 g/mol. The Morgan fingerprint density at radius 3 is 1.14 bits per heavy atom. The van der Waals surface area contributed by atoms with Crippen LogP contribution < -0.4 is 0 Å². The summed E-state index contributed by atoms with van der Waals surface area (Å²) in [6, 6.07) is 0. The Labute approximate surface area is 423 Å². The van der Waals surface area contributed by atoms with Crippen LogP contribution in [0.15, 0.2) is 96.9 Å². The SMILES string of the molecule is CCCCCCCC/C=C\CCCCCCCC(=O)OCC(COC(=O)CCCCCCC/C=C\CCCCCCCC)OC(=O)C=CC=C(C=CC=CC=CC=CCCCCCCCCC)OO. The molecular weight excluding hydrogens is 861 g/mol. The first kappa shape index (κ1) is 65.1. The van der Waals surface area contributed by atoms with Crippen molar-refractivity contribution in [3.05, 3.63) is 96.9 Å². The summed E-state index contributed by atoms with van der Waals surface area (Å²) in [6.45, 7) is 6.31. The molecule has 8 nitrogen and oxygen atoms in total. The Morgan fingerprint density at radius 2 is 0.739 bits per heavy atom. The second kappa shape index (κ2) is 55.0. The highest BCUT2D eigenvalue weighted by atomic mass is 17.1. The second-order valence-electron chi connectivity index (χ2n) is 18.6. The Balaban J connectivity index is 4.83. The number of carbonyl (C=O) groups is 3. The predicted octanol–water partition coefficient (Wildman–Crippen LogP) is 18.4. The highest BCUT2D eigenvalue weighted by molar-refractivity contribution is 5.82. The van der Waals surface area contributed by atoms with Gasteiger partial charge in [0.05, 0.1) is 0 Å². The van der Waals surface area contributed by atoms with E-state index in [1.165, 1.54) is 147 Å². The van der Waals surface area contributed by atoms with Gasteiger partial charge in [0.15, 0.2) is 11.9 Å². The summed E-state index contributed by atoms with van der Waals surface area (Å²) in [7, 11) is 0. The first-order chi connectivity index (χ1) is 34.0. The molecule has 0 fully saturated rings. The van der Waals surface area contributed by atoms with Crippen LogP contribution in [0.5, 0.6) is 0 Å². The third-order valence-corrected chi connectivity index (χ3v) is 12.0. The first-order valence-corrected chi connectivity index (χ1v) is 28.1. The lowest BCUT2D eigenvalue weighted by Gasteiger charge is -2.17.